The summed E-state index contributed by atoms with van der Waals surface area (Å²) in [6.45, 7) is 0.557. The van der Waals surface area contributed by atoms with E-state index in [2.05, 4.69) is 15.3 Å². The number of anilines is 2. The molecule has 2 aromatic carbocycles. The van der Waals surface area contributed by atoms with Crippen molar-refractivity contribution in [2.45, 2.75) is 6.42 Å². The second kappa shape index (κ2) is 8.32. The summed E-state index contributed by atoms with van der Waals surface area (Å²) in [5, 5.41) is 3.74. The maximum Gasteiger partial charge on any atom is 0.173 e. The van der Waals surface area contributed by atoms with E-state index in [9.17, 15) is 4.39 Å². The molecule has 146 valence electrons. The molecular weight excluding hydrogens is 372 g/mol. The zero-order valence-electron chi connectivity index (χ0n) is 15.8. The van der Waals surface area contributed by atoms with Crippen molar-refractivity contribution in [1.82, 2.24) is 9.97 Å². The first-order valence-electron chi connectivity index (χ1n) is 9.20. The Morgan fingerprint density at radius 1 is 1.00 bits per heavy atom. The fourth-order valence-electron chi connectivity index (χ4n) is 3.20. The molecule has 4 aromatic rings. The van der Waals surface area contributed by atoms with Crippen LogP contribution in [0.5, 0.6) is 0 Å². The molecule has 0 saturated heterocycles. The van der Waals surface area contributed by atoms with Crippen LogP contribution in [-0.4, -0.2) is 23.7 Å². The monoisotopic (exact) mass is 391 g/mol. The lowest BCUT2D eigenvalue weighted by molar-refractivity contribution is 0.202. The zero-order valence-corrected chi connectivity index (χ0v) is 15.8. The zero-order chi connectivity index (χ0) is 20.2. The number of ether oxygens (including phenoxy) is 1. The van der Waals surface area contributed by atoms with Gasteiger partial charge in [0.25, 0.3) is 0 Å². The van der Waals surface area contributed by atoms with E-state index < -0.39 is 11.6 Å². The molecule has 0 aliphatic heterocycles. The highest BCUT2D eigenvalue weighted by Crippen LogP contribution is 2.35. The molecule has 6 heteroatoms. The van der Waals surface area contributed by atoms with E-state index in [4.69, 9.17) is 4.74 Å². The van der Waals surface area contributed by atoms with Gasteiger partial charge in [-0.25, -0.2) is 13.8 Å². The SMILES string of the molecule is COCCc1ccc2nc(-c3ccccc3F)c(F)c(Nc3ccncc3)c2c1. The van der Waals surface area contributed by atoms with Gasteiger partial charge >= 0.3 is 0 Å². The highest BCUT2D eigenvalue weighted by atomic mass is 19.1. The van der Waals surface area contributed by atoms with Crippen molar-refractivity contribution in [1.29, 1.82) is 0 Å². The first-order chi connectivity index (χ1) is 14.2. The molecule has 0 unspecified atom stereocenters. The Bertz CT molecular complexity index is 1150. The number of halogens is 2. The number of nitrogens with zero attached hydrogens (tertiary/aromatic N) is 2. The Kier molecular flexibility index (Phi) is 5.44. The highest BCUT2D eigenvalue weighted by molar-refractivity contribution is 5.96. The average molecular weight is 391 g/mol. The fourth-order valence-corrected chi connectivity index (χ4v) is 3.20. The maximum absolute atomic E-state index is 15.6. The van der Waals surface area contributed by atoms with Crippen LogP contribution in [0.1, 0.15) is 5.56 Å². The number of rotatable bonds is 6. The molecule has 0 saturated carbocycles. The van der Waals surface area contributed by atoms with Gasteiger partial charge in [0.05, 0.1) is 17.8 Å². The van der Waals surface area contributed by atoms with E-state index in [0.717, 1.165) is 5.56 Å². The second-order valence-corrected chi connectivity index (χ2v) is 6.58. The van der Waals surface area contributed by atoms with Crippen LogP contribution in [0.3, 0.4) is 0 Å². The van der Waals surface area contributed by atoms with Crippen LogP contribution in [0, 0.1) is 11.6 Å². The molecular formula is C23H19F2N3O. The summed E-state index contributed by atoms with van der Waals surface area (Å²) in [4.78, 5) is 8.42. The van der Waals surface area contributed by atoms with Crippen molar-refractivity contribution in [3.63, 3.8) is 0 Å². The van der Waals surface area contributed by atoms with Crippen molar-refractivity contribution in [3.8, 4) is 11.3 Å². The van der Waals surface area contributed by atoms with Crippen LogP contribution in [0.15, 0.2) is 67.0 Å². The van der Waals surface area contributed by atoms with Crippen LogP contribution in [0.25, 0.3) is 22.2 Å². The van der Waals surface area contributed by atoms with Crippen LogP contribution in [0.2, 0.25) is 0 Å². The Balaban J connectivity index is 1.93. The number of hydrogen-bond donors (Lipinski definition) is 1. The molecule has 0 spiro atoms. The number of pyridine rings is 2. The van der Waals surface area contributed by atoms with Gasteiger partial charge in [0.2, 0.25) is 0 Å². The molecule has 2 aromatic heterocycles. The van der Waals surface area contributed by atoms with Crippen LogP contribution in [0.4, 0.5) is 20.2 Å². The minimum absolute atomic E-state index is 0.0307. The summed E-state index contributed by atoms with van der Waals surface area (Å²) in [7, 11) is 1.64. The van der Waals surface area contributed by atoms with E-state index >= 15 is 4.39 Å². The molecule has 1 N–H and O–H groups in total. The van der Waals surface area contributed by atoms with E-state index in [0.29, 0.717) is 29.6 Å². The minimum atomic E-state index is -0.608. The summed E-state index contributed by atoms with van der Waals surface area (Å²) in [6, 6.07) is 15.2. The number of methoxy groups -OCH3 is 1. The van der Waals surface area contributed by atoms with Gasteiger partial charge in [0, 0.05) is 36.1 Å². The number of nitrogens with one attached hydrogen (secondary N) is 1. The predicted octanol–water partition coefficient (Wildman–Crippen LogP) is 5.51. The van der Waals surface area contributed by atoms with Gasteiger partial charge in [0.15, 0.2) is 5.82 Å². The number of fused-ring (bicyclic) bond motifs is 1. The minimum Gasteiger partial charge on any atom is -0.384 e. The van der Waals surface area contributed by atoms with Crippen molar-refractivity contribution in [3.05, 3.63) is 84.2 Å². The molecule has 0 amide bonds. The third kappa shape index (κ3) is 3.93. The molecule has 4 nitrogen and oxygen atoms in total. The molecule has 29 heavy (non-hydrogen) atoms. The predicted molar refractivity (Wildman–Crippen MR) is 110 cm³/mol. The summed E-state index contributed by atoms with van der Waals surface area (Å²) in [5.74, 6) is -1.13. The standard InChI is InChI=1S/C23H19F2N3O/c1-29-13-10-15-6-7-20-18(14-15)23(27-16-8-11-26-12-9-16)21(25)22(28-20)17-4-2-3-5-19(17)24/h2-9,11-12,14H,10,13H2,1H3,(H,26,27,28). The maximum atomic E-state index is 15.6. The first-order valence-corrected chi connectivity index (χ1v) is 9.20. The fraction of sp³-hybridized carbons (Fsp3) is 0.130. The Labute approximate surface area is 167 Å². The van der Waals surface area contributed by atoms with Gasteiger partial charge in [-0.2, -0.15) is 0 Å². The first kappa shape index (κ1) is 19.0. The summed E-state index contributed by atoms with van der Waals surface area (Å²) in [5.41, 5.74) is 2.58. The largest absolute Gasteiger partial charge is 0.384 e. The van der Waals surface area contributed by atoms with E-state index in [-0.39, 0.29) is 16.9 Å². The summed E-state index contributed by atoms with van der Waals surface area (Å²) >= 11 is 0. The van der Waals surface area contributed by atoms with Crippen molar-refractivity contribution in [2.24, 2.45) is 0 Å². The number of hydrogen-bond acceptors (Lipinski definition) is 4. The van der Waals surface area contributed by atoms with Crippen LogP contribution >= 0.6 is 0 Å². The molecule has 0 radical (unpaired) electrons. The van der Waals surface area contributed by atoms with E-state index in [1.807, 2.05) is 18.2 Å². The molecule has 0 aliphatic rings. The average Bonchev–Trinajstić information content (AvgIpc) is 2.75. The third-order valence-corrected chi connectivity index (χ3v) is 4.66. The lowest BCUT2D eigenvalue weighted by Gasteiger charge is -2.15. The molecule has 0 bridgehead atoms. The van der Waals surface area contributed by atoms with Gasteiger partial charge < -0.3 is 10.1 Å². The smallest absolute Gasteiger partial charge is 0.173 e. The summed E-state index contributed by atoms with van der Waals surface area (Å²) < 4.78 is 35.1. The van der Waals surface area contributed by atoms with Crippen molar-refractivity contribution < 1.29 is 13.5 Å². The van der Waals surface area contributed by atoms with Gasteiger partial charge in [-0.3, -0.25) is 4.98 Å². The Morgan fingerprint density at radius 2 is 1.79 bits per heavy atom. The number of benzene rings is 2. The summed E-state index contributed by atoms with van der Waals surface area (Å²) in [6.07, 6.45) is 3.93. The molecule has 0 atom stereocenters. The Morgan fingerprint density at radius 3 is 2.55 bits per heavy atom. The number of aromatic nitrogens is 2. The lowest BCUT2D eigenvalue weighted by atomic mass is 10.0. The molecule has 0 aliphatic carbocycles. The second-order valence-electron chi connectivity index (χ2n) is 6.58. The van der Waals surface area contributed by atoms with E-state index in [1.165, 1.54) is 12.1 Å². The molecule has 4 rings (SSSR count). The van der Waals surface area contributed by atoms with Crippen molar-refractivity contribution >= 4 is 22.3 Å². The third-order valence-electron chi connectivity index (χ3n) is 4.66. The van der Waals surface area contributed by atoms with Gasteiger partial charge in [0.1, 0.15) is 11.5 Å². The van der Waals surface area contributed by atoms with Gasteiger partial charge in [-0.05, 0) is 48.4 Å². The quantitative estimate of drug-likeness (QED) is 0.471. The highest BCUT2D eigenvalue weighted by Gasteiger charge is 2.19. The van der Waals surface area contributed by atoms with Crippen LogP contribution < -0.4 is 5.32 Å². The van der Waals surface area contributed by atoms with E-state index in [1.54, 1.807) is 43.8 Å². The molecule has 0 fully saturated rings. The normalized spacial score (nSPS) is 11.0. The lowest BCUT2D eigenvalue weighted by Crippen LogP contribution is -2.02. The van der Waals surface area contributed by atoms with Gasteiger partial charge in [-0.15, -0.1) is 0 Å². The van der Waals surface area contributed by atoms with Gasteiger partial charge in [-0.1, -0.05) is 18.2 Å². The van der Waals surface area contributed by atoms with Crippen LogP contribution in [-0.2, 0) is 11.2 Å². The van der Waals surface area contributed by atoms with Crippen molar-refractivity contribution in [2.75, 3.05) is 19.0 Å². The topological polar surface area (TPSA) is 47.0 Å². The Hall–Kier alpha value is -3.38. The molecule has 2 heterocycles.